The van der Waals surface area contributed by atoms with Gasteiger partial charge in [0.1, 0.15) is 17.1 Å². The zero-order chi connectivity index (χ0) is 27.9. The molecule has 0 spiro atoms. The zero-order valence-electron chi connectivity index (χ0n) is 21.6. The Hall–Kier alpha value is -3.90. The number of nitrogens with one attached hydrogen (secondary N) is 1. The van der Waals surface area contributed by atoms with E-state index in [4.69, 9.17) is 14.6 Å². The minimum Gasteiger partial charge on any atom is -0.488 e. The van der Waals surface area contributed by atoms with Crippen molar-refractivity contribution in [3.63, 3.8) is 0 Å². The topological polar surface area (TPSA) is 129 Å². The lowest BCUT2D eigenvalue weighted by Crippen LogP contribution is -2.16. The molecule has 1 aliphatic rings. The minimum atomic E-state index is -4.68. The second kappa shape index (κ2) is 10.3. The van der Waals surface area contributed by atoms with Gasteiger partial charge in [-0.25, -0.2) is 37.3 Å². The number of benzene rings is 2. The highest BCUT2D eigenvalue weighted by molar-refractivity contribution is 7.89. The van der Waals surface area contributed by atoms with Gasteiger partial charge in [-0.1, -0.05) is 0 Å². The van der Waals surface area contributed by atoms with Gasteiger partial charge in [0, 0.05) is 35.3 Å². The van der Waals surface area contributed by atoms with E-state index in [2.05, 4.69) is 20.3 Å². The summed E-state index contributed by atoms with van der Waals surface area (Å²) in [5.41, 5.74) is 2.52. The van der Waals surface area contributed by atoms with Crippen LogP contribution in [0.4, 0.5) is 14.7 Å². The number of aryl methyl sites for hydroxylation is 1. The van der Waals surface area contributed by atoms with Gasteiger partial charge in [0.2, 0.25) is 21.9 Å². The molecule has 1 fully saturated rings. The number of hydrogen-bond acceptors (Lipinski definition) is 8. The van der Waals surface area contributed by atoms with Crippen LogP contribution in [0.25, 0.3) is 33.2 Å². The number of ether oxygens (including phenoxy) is 2. The van der Waals surface area contributed by atoms with Crippen molar-refractivity contribution in [1.82, 2.24) is 15.0 Å². The molecule has 0 radical (unpaired) electrons. The van der Waals surface area contributed by atoms with Gasteiger partial charge >= 0.3 is 0 Å². The third kappa shape index (κ3) is 5.09. The number of nitrogens with two attached hydrogens (primary N) is 1. The molecular weight excluding hydrogens is 528 g/mol. The summed E-state index contributed by atoms with van der Waals surface area (Å²) in [6.07, 6.45) is 5.67. The average Bonchev–Trinajstić information content (AvgIpc) is 3.41. The summed E-state index contributed by atoms with van der Waals surface area (Å²) in [4.78, 5) is 12.2. The third-order valence-corrected chi connectivity index (χ3v) is 7.72. The molecule has 0 aliphatic heterocycles. The maximum atomic E-state index is 15.4. The molecular formula is C27H27F2N5O4S. The van der Waals surface area contributed by atoms with Crippen molar-refractivity contribution in [1.29, 1.82) is 0 Å². The molecule has 3 N–H and O–H groups in total. The van der Waals surface area contributed by atoms with Crippen LogP contribution in [-0.4, -0.2) is 43.6 Å². The highest BCUT2D eigenvalue weighted by Crippen LogP contribution is 2.39. The summed E-state index contributed by atoms with van der Waals surface area (Å²) in [5.74, 6) is -1.55. The molecule has 5 rings (SSSR count). The average molecular weight is 556 g/mol. The summed E-state index contributed by atoms with van der Waals surface area (Å²) in [5, 5.41) is 8.82. The van der Waals surface area contributed by atoms with Gasteiger partial charge < -0.3 is 14.8 Å². The van der Waals surface area contributed by atoms with Crippen LogP contribution < -0.4 is 19.9 Å². The van der Waals surface area contributed by atoms with E-state index in [-0.39, 0.29) is 23.1 Å². The van der Waals surface area contributed by atoms with Crippen LogP contribution in [0.3, 0.4) is 0 Å². The predicted octanol–water partition coefficient (Wildman–Crippen LogP) is 4.96. The van der Waals surface area contributed by atoms with E-state index < -0.39 is 26.6 Å². The highest BCUT2D eigenvalue weighted by Gasteiger charge is 2.26. The van der Waals surface area contributed by atoms with Crippen LogP contribution in [0, 0.1) is 18.6 Å². The second-order valence-corrected chi connectivity index (χ2v) is 10.8. The van der Waals surface area contributed by atoms with Crippen LogP contribution in [0.5, 0.6) is 11.6 Å². The van der Waals surface area contributed by atoms with Gasteiger partial charge in [-0.15, -0.1) is 0 Å². The van der Waals surface area contributed by atoms with Crippen molar-refractivity contribution >= 4 is 26.9 Å². The van der Waals surface area contributed by atoms with Gasteiger partial charge in [-0.2, -0.15) is 0 Å². The fourth-order valence-electron chi connectivity index (χ4n) is 4.87. The lowest BCUT2D eigenvalue weighted by Gasteiger charge is -2.18. The van der Waals surface area contributed by atoms with Crippen molar-refractivity contribution in [3.05, 3.63) is 53.9 Å². The van der Waals surface area contributed by atoms with E-state index in [9.17, 15) is 12.8 Å². The number of halogens is 2. The Morgan fingerprint density at radius 1 is 1.05 bits per heavy atom. The maximum absolute atomic E-state index is 15.4. The Balaban J connectivity index is 1.71. The summed E-state index contributed by atoms with van der Waals surface area (Å²) in [7, 11) is -1.59. The largest absolute Gasteiger partial charge is 0.488 e. The second-order valence-electron chi connectivity index (χ2n) is 9.34. The molecule has 2 heterocycles. The monoisotopic (exact) mass is 555 g/mol. The number of nitrogens with zero attached hydrogens (tertiary/aromatic N) is 3. The first-order chi connectivity index (χ1) is 18.6. The Morgan fingerprint density at radius 3 is 2.46 bits per heavy atom. The molecule has 1 saturated carbocycles. The Kier molecular flexibility index (Phi) is 7.08. The Bertz CT molecular complexity index is 1690. The van der Waals surface area contributed by atoms with Crippen molar-refractivity contribution in [3.8, 4) is 33.9 Å². The van der Waals surface area contributed by atoms with Crippen molar-refractivity contribution in [2.45, 2.75) is 43.6 Å². The molecule has 0 amide bonds. The summed E-state index contributed by atoms with van der Waals surface area (Å²) in [6.45, 7) is 1.87. The molecule has 0 unspecified atom stereocenters. The predicted molar refractivity (Wildman–Crippen MR) is 143 cm³/mol. The van der Waals surface area contributed by atoms with Gasteiger partial charge in [0.05, 0.1) is 18.9 Å². The van der Waals surface area contributed by atoms with E-state index in [1.54, 1.807) is 19.3 Å². The lowest BCUT2D eigenvalue weighted by atomic mass is 9.99. The molecule has 2 aromatic heterocycles. The fraction of sp³-hybridized carbons (Fsp3) is 0.296. The normalized spacial score (nSPS) is 14.1. The first kappa shape index (κ1) is 26.7. The minimum absolute atomic E-state index is 0.0195. The number of aromatic nitrogens is 3. The van der Waals surface area contributed by atoms with E-state index in [1.807, 2.05) is 19.1 Å². The van der Waals surface area contributed by atoms with Crippen LogP contribution in [0.2, 0.25) is 0 Å². The van der Waals surface area contributed by atoms with Crippen molar-refractivity contribution in [2.75, 3.05) is 19.5 Å². The molecule has 0 atom stereocenters. The number of primary sulfonamides is 1. The number of fused-ring (bicyclic) bond motifs is 1. The number of anilines is 1. The Morgan fingerprint density at radius 2 is 1.79 bits per heavy atom. The number of methoxy groups -OCH3 is 1. The van der Waals surface area contributed by atoms with Crippen LogP contribution >= 0.6 is 0 Å². The summed E-state index contributed by atoms with van der Waals surface area (Å²) < 4.78 is 65.1. The molecule has 39 heavy (non-hydrogen) atoms. The quantitative estimate of drug-likeness (QED) is 0.327. The van der Waals surface area contributed by atoms with E-state index in [0.29, 0.717) is 28.3 Å². The van der Waals surface area contributed by atoms with Crippen LogP contribution in [0.1, 0.15) is 31.4 Å². The van der Waals surface area contributed by atoms with Gasteiger partial charge in [-0.05, 0) is 68.5 Å². The third-order valence-electron chi connectivity index (χ3n) is 6.78. The smallest absolute Gasteiger partial charge is 0.243 e. The summed E-state index contributed by atoms with van der Waals surface area (Å²) >= 11 is 0. The van der Waals surface area contributed by atoms with Gasteiger partial charge in [0.25, 0.3) is 0 Å². The molecule has 1 aliphatic carbocycles. The Labute approximate surface area is 224 Å². The standard InChI is InChI=1S/C27H27F2N5O4S/c1-14-19-10-15(12-22(38-17-6-4-5-7-17)24(19)34-27(31-2)33-14)16-11-20(26(37-3)32-13-16)18-8-9-21(28)25(23(18)29)39(30,35)36/h8-13,17H,4-7H2,1-3H3,(H2,30,35,36)(H,31,33,34). The van der Waals surface area contributed by atoms with Crippen molar-refractivity contribution in [2.24, 2.45) is 5.14 Å². The molecule has 0 saturated heterocycles. The van der Waals surface area contributed by atoms with Crippen LogP contribution in [0.15, 0.2) is 41.4 Å². The maximum Gasteiger partial charge on any atom is 0.243 e. The lowest BCUT2D eigenvalue weighted by molar-refractivity contribution is 0.212. The molecule has 0 bridgehead atoms. The number of sulfonamides is 1. The molecule has 204 valence electrons. The van der Waals surface area contributed by atoms with E-state index >= 15 is 4.39 Å². The SMILES string of the molecule is CNc1nc(C)c2cc(-c3cnc(OC)c(-c4ccc(F)c(S(N)(=O)=O)c4F)c3)cc(OC3CCCC3)c2n1. The number of rotatable bonds is 7. The van der Waals surface area contributed by atoms with Gasteiger partial charge in [-0.3, -0.25) is 0 Å². The molecule has 9 nitrogen and oxygen atoms in total. The zero-order valence-corrected chi connectivity index (χ0v) is 22.4. The molecule has 4 aromatic rings. The fourth-order valence-corrected chi connectivity index (χ4v) is 5.57. The van der Waals surface area contributed by atoms with Gasteiger partial charge in [0.15, 0.2) is 10.7 Å². The van der Waals surface area contributed by atoms with Crippen molar-refractivity contribution < 1.29 is 26.7 Å². The van der Waals surface area contributed by atoms with E-state index in [1.165, 1.54) is 7.11 Å². The summed E-state index contributed by atoms with van der Waals surface area (Å²) in [6, 6.07) is 7.28. The first-order valence-electron chi connectivity index (χ1n) is 12.3. The molecule has 12 heteroatoms. The van der Waals surface area contributed by atoms with E-state index in [0.717, 1.165) is 48.9 Å². The molecule has 2 aromatic carbocycles. The highest BCUT2D eigenvalue weighted by atomic mass is 32.2. The van der Waals surface area contributed by atoms with Crippen LogP contribution in [-0.2, 0) is 10.0 Å². The first-order valence-corrected chi connectivity index (χ1v) is 13.9. The number of pyridine rings is 1. The number of hydrogen-bond donors (Lipinski definition) is 2.